The smallest absolute Gasteiger partial charge is 0.163 e. The van der Waals surface area contributed by atoms with Crippen LogP contribution in [0.1, 0.15) is 25.7 Å². The Hall–Kier alpha value is -1.88. The molecule has 1 heterocycles. The van der Waals surface area contributed by atoms with E-state index in [1.165, 1.54) is 12.8 Å². The molecular formula is C15H18ClN3O2. The Bertz CT molecular complexity index is 636. The maximum absolute atomic E-state index is 6.36. The molecule has 0 bridgehead atoms. The summed E-state index contributed by atoms with van der Waals surface area (Å²) in [4.78, 5) is 0. The molecule has 1 aromatic heterocycles. The number of benzene rings is 1. The van der Waals surface area contributed by atoms with Crippen LogP contribution in [0.15, 0.2) is 18.2 Å². The van der Waals surface area contributed by atoms with E-state index in [0.29, 0.717) is 22.3 Å². The van der Waals surface area contributed by atoms with Gasteiger partial charge in [-0.15, -0.1) is 0 Å². The lowest BCUT2D eigenvalue weighted by Crippen LogP contribution is -2.11. The fraction of sp³-hybridized carbons (Fsp3) is 0.400. The van der Waals surface area contributed by atoms with Gasteiger partial charge in [-0.1, -0.05) is 11.6 Å². The van der Waals surface area contributed by atoms with Gasteiger partial charge in [0.1, 0.15) is 5.82 Å². The molecule has 3 rings (SSSR count). The minimum absolute atomic E-state index is 0.253. The Morgan fingerprint density at radius 2 is 2.00 bits per heavy atom. The van der Waals surface area contributed by atoms with E-state index in [9.17, 15) is 0 Å². The van der Waals surface area contributed by atoms with Gasteiger partial charge in [0.05, 0.1) is 23.9 Å². The molecule has 2 aromatic rings. The molecule has 1 aromatic carbocycles. The van der Waals surface area contributed by atoms with Crippen LogP contribution in [0.3, 0.4) is 0 Å². The number of nitrogens with two attached hydrogens (primary N) is 1. The molecule has 1 saturated carbocycles. The third kappa shape index (κ3) is 2.93. The predicted molar refractivity (Wildman–Crippen MR) is 82.9 cm³/mol. The van der Waals surface area contributed by atoms with E-state index in [4.69, 9.17) is 26.8 Å². The van der Waals surface area contributed by atoms with Gasteiger partial charge in [0, 0.05) is 17.7 Å². The lowest BCUT2D eigenvalue weighted by molar-refractivity contribution is 0.201. The fourth-order valence-electron chi connectivity index (χ4n) is 2.65. The standard InChI is InChI=1S/C15H18ClN3O2/c1-20-13-6-10(12-8-15(17)19-18-12)11(16)7-14(13)21-9-4-2-3-5-9/h6-9H,2-5H2,1H3,(H3,17,18,19). The first-order valence-electron chi connectivity index (χ1n) is 7.03. The summed E-state index contributed by atoms with van der Waals surface area (Å²) in [6.07, 6.45) is 4.85. The number of halogens is 1. The molecule has 0 amide bonds. The van der Waals surface area contributed by atoms with Crippen LogP contribution in [-0.2, 0) is 0 Å². The largest absolute Gasteiger partial charge is 0.493 e. The second-order valence-corrected chi connectivity index (χ2v) is 5.62. The summed E-state index contributed by atoms with van der Waals surface area (Å²) in [6.45, 7) is 0. The molecule has 1 aliphatic rings. The molecule has 1 aliphatic carbocycles. The van der Waals surface area contributed by atoms with Crippen LogP contribution < -0.4 is 15.2 Å². The zero-order valence-corrected chi connectivity index (χ0v) is 12.6. The molecule has 1 fully saturated rings. The van der Waals surface area contributed by atoms with Gasteiger partial charge in [-0.05, 0) is 31.7 Å². The van der Waals surface area contributed by atoms with Crippen molar-refractivity contribution in [1.82, 2.24) is 10.2 Å². The molecule has 0 aliphatic heterocycles. The van der Waals surface area contributed by atoms with Crippen LogP contribution in [0.25, 0.3) is 11.3 Å². The first-order chi connectivity index (χ1) is 10.2. The monoisotopic (exact) mass is 307 g/mol. The summed E-state index contributed by atoms with van der Waals surface area (Å²) in [5, 5.41) is 7.34. The van der Waals surface area contributed by atoms with Crippen LogP contribution >= 0.6 is 11.6 Å². The highest BCUT2D eigenvalue weighted by atomic mass is 35.5. The number of H-pyrrole nitrogens is 1. The van der Waals surface area contributed by atoms with Gasteiger partial charge < -0.3 is 15.2 Å². The van der Waals surface area contributed by atoms with Gasteiger partial charge in [-0.2, -0.15) is 5.10 Å². The van der Waals surface area contributed by atoms with Crippen molar-refractivity contribution in [2.75, 3.05) is 12.8 Å². The average Bonchev–Trinajstić information content (AvgIpc) is 3.11. The molecule has 0 unspecified atom stereocenters. The highest BCUT2D eigenvalue weighted by Crippen LogP contribution is 2.39. The van der Waals surface area contributed by atoms with E-state index >= 15 is 0 Å². The van der Waals surface area contributed by atoms with E-state index in [1.807, 2.05) is 6.07 Å². The predicted octanol–water partition coefficient (Wildman–Crippen LogP) is 3.64. The zero-order chi connectivity index (χ0) is 14.8. The van der Waals surface area contributed by atoms with Crippen molar-refractivity contribution in [3.05, 3.63) is 23.2 Å². The molecular weight excluding hydrogens is 290 g/mol. The number of nitrogens with zero attached hydrogens (tertiary/aromatic N) is 1. The minimum Gasteiger partial charge on any atom is -0.493 e. The molecule has 112 valence electrons. The van der Waals surface area contributed by atoms with E-state index < -0.39 is 0 Å². The van der Waals surface area contributed by atoms with Gasteiger partial charge in [0.25, 0.3) is 0 Å². The summed E-state index contributed by atoms with van der Waals surface area (Å²) >= 11 is 6.36. The first-order valence-corrected chi connectivity index (χ1v) is 7.40. The number of nitrogen functional groups attached to an aromatic ring is 1. The number of methoxy groups -OCH3 is 1. The van der Waals surface area contributed by atoms with Crippen molar-refractivity contribution in [3.63, 3.8) is 0 Å². The molecule has 0 spiro atoms. The molecule has 3 N–H and O–H groups in total. The zero-order valence-electron chi connectivity index (χ0n) is 11.9. The Morgan fingerprint density at radius 3 is 2.62 bits per heavy atom. The van der Waals surface area contributed by atoms with Gasteiger partial charge in [0.15, 0.2) is 11.5 Å². The highest BCUT2D eigenvalue weighted by Gasteiger charge is 2.20. The Kier molecular flexibility index (Phi) is 3.92. The third-order valence-electron chi connectivity index (χ3n) is 3.74. The molecule has 0 saturated heterocycles. The molecule has 5 nitrogen and oxygen atoms in total. The maximum atomic E-state index is 6.36. The van der Waals surface area contributed by atoms with Crippen molar-refractivity contribution < 1.29 is 9.47 Å². The van der Waals surface area contributed by atoms with Crippen molar-refractivity contribution in [2.24, 2.45) is 0 Å². The summed E-state index contributed by atoms with van der Waals surface area (Å²) in [5.74, 6) is 1.77. The second kappa shape index (κ2) is 5.85. The number of aromatic nitrogens is 2. The van der Waals surface area contributed by atoms with Gasteiger partial charge in [-0.25, -0.2) is 0 Å². The van der Waals surface area contributed by atoms with E-state index in [1.54, 1.807) is 19.2 Å². The van der Waals surface area contributed by atoms with Gasteiger partial charge >= 0.3 is 0 Å². The molecule has 0 radical (unpaired) electrons. The summed E-state index contributed by atoms with van der Waals surface area (Å²) in [7, 11) is 1.62. The number of aromatic amines is 1. The third-order valence-corrected chi connectivity index (χ3v) is 4.05. The van der Waals surface area contributed by atoms with E-state index in [2.05, 4.69) is 10.2 Å². The van der Waals surface area contributed by atoms with Gasteiger partial charge in [-0.3, -0.25) is 5.10 Å². The topological polar surface area (TPSA) is 73.2 Å². The van der Waals surface area contributed by atoms with Crippen molar-refractivity contribution in [3.8, 4) is 22.8 Å². The second-order valence-electron chi connectivity index (χ2n) is 5.21. The van der Waals surface area contributed by atoms with Crippen molar-refractivity contribution in [2.45, 2.75) is 31.8 Å². The maximum Gasteiger partial charge on any atom is 0.163 e. The minimum atomic E-state index is 0.253. The first kappa shape index (κ1) is 14.1. The average molecular weight is 308 g/mol. The number of hydrogen-bond acceptors (Lipinski definition) is 4. The lowest BCUT2D eigenvalue weighted by Gasteiger charge is -2.17. The van der Waals surface area contributed by atoms with E-state index in [-0.39, 0.29) is 6.10 Å². The number of rotatable bonds is 4. The lowest BCUT2D eigenvalue weighted by atomic mass is 10.1. The molecule has 6 heteroatoms. The number of anilines is 1. The summed E-state index contributed by atoms with van der Waals surface area (Å²) < 4.78 is 11.4. The number of hydrogen-bond donors (Lipinski definition) is 2. The molecule has 0 atom stereocenters. The Labute approximate surface area is 128 Å². The number of nitrogens with one attached hydrogen (secondary N) is 1. The normalized spacial score (nSPS) is 15.3. The van der Waals surface area contributed by atoms with Crippen LogP contribution in [0.5, 0.6) is 11.5 Å². The fourth-order valence-corrected chi connectivity index (χ4v) is 2.91. The van der Waals surface area contributed by atoms with Gasteiger partial charge in [0.2, 0.25) is 0 Å². The van der Waals surface area contributed by atoms with Crippen LogP contribution in [0.4, 0.5) is 5.82 Å². The Balaban J connectivity index is 1.93. The quantitative estimate of drug-likeness (QED) is 0.904. The number of ether oxygens (including phenoxy) is 2. The highest BCUT2D eigenvalue weighted by molar-refractivity contribution is 6.33. The summed E-state index contributed by atoms with van der Waals surface area (Å²) in [5.41, 5.74) is 7.18. The van der Waals surface area contributed by atoms with Crippen LogP contribution in [0, 0.1) is 0 Å². The van der Waals surface area contributed by atoms with Crippen molar-refractivity contribution >= 4 is 17.4 Å². The molecule has 21 heavy (non-hydrogen) atoms. The van der Waals surface area contributed by atoms with E-state index in [0.717, 1.165) is 24.1 Å². The van der Waals surface area contributed by atoms with Crippen LogP contribution in [0.2, 0.25) is 5.02 Å². The van der Waals surface area contributed by atoms with Crippen LogP contribution in [-0.4, -0.2) is 23.4 Å². The van der Waals surface area contributed by atoms with Crippen molar-refractivity contribution in [1.29, 1.82) is 0 Å². The Morgan fingerprint density at radius 1 is 1.24 bits per heavy atom. The summed E-state index contributed by atoms with van der Waals surface area (Å²) in [6, 6.07) is 5.38. The SMILES string of the molecule is COc1cc(-c2cc(N)n[nH]2)c(Cl)cc1OC1CCCC1.